The third-order valence-corrected chi connectivity index (χ3v) is 3.58. The molecule has 0 spiro atoms. The Hall–Kier alpha value is -1.76. The van der Waals surface area contributed by atoms with Gasteiger partial charge in [0.05, 0.1) is 23.2 Å². The number of anilines is 1. The van der Waals surface area contributed by atoms with Gasteiger partial charge >= 0.3 is 0 Å². The van der Waals surface area contributed by atoms with E-state index in [0.29, 0.717) is 23.8 Å². The second-order valence-electron chi connectivity index (χ2n) is 3.84. The van der Waals surface area contributed by atoms with E-state index in [2.05, 4.69) is 4.98 Å². The van der Waals surface area contributed by atoms with E-state index in [1.165, 1.54) is 24.0 Å². The molecule has 0 bridgehead atoms. The maximum atomic E-state index is 11.9. The summed E-state index contributed by atoms with van der Waals surface area (Å²) in [6.07, 6.45) is 1.44. The lowest BCUT2D eigenvalue weighted by Crippen LogP contribution is -2.32. The van der Waals surface area contributed by atoms with Crippen molar-refractivity contribution in [2.45, 2.75) is 18.9 Å². The molecule has 0 aliphatic rings. The zero-order valence-corrected chi connectivity index (χ0v) is 11.9. The summed E-state index contributed by atoms with van der Waals surface area (Å²) in [6.45, 7) is 5.16. The molecule has 1 aromatic rings. The summed E-state index contributed by atoms with van der Waals surface area (Å²) in [5.74, 6) is -0.375. The van der Waals surface area contributed by atoms with E-state index < -0.39 is 5.91 Å². The normalized spacial score (nSPS) is 10.2. The van der Waals surface area contributed by atoms with Crippen molar-refractivity contribution >= 4 is 29.3 Å². The van der Waals surface area contributed by atoms with Crippen LogP contribution in [-0.4, -0.2) is 40.5 Å². The van der Waals surface area contributed by atoms with Crippen LogP contribution in [0.2, 0.25) is 0 Å². The molecule has 0 fully saturated rings. The van der Waals surface area contributed by atoms with Gasteiger partial charge in [-0.05, 0) is 19.9 Å². The third-order valence-electron chi connectivity index (χ3n) is 2.59. The molecule has 1 aromatic heterocycles. The maximum absolute atomic E-state index is 11.9. The Bertz CT molecular complexity index is 475. The van der Waals surface area contributed by atoms with Crippen LogP contribution in [0, 0.1) is 0 Å². The lowest BCUT2D eigenvalue weighted by Gasteiger charge is -2.18. The summed E-state index contributed by atoms with van der Waals surface area (Å²) in [6, 6.07) is 1.47. The molecule has 0 unspecified atom stereocenters. The van der Waals surface area contributed by atoms with Gasteiger partial charge in [0.1, 0.15) is 5.03 Å². The van der Waals surface area contributed by atoms with Crippen LogP contribution in [0.15, 0.2) is 17.3 Å². The van der Waals surface area contributed by atoms with Crippen LogP contribution in [-0.2, 0) is 4.79 Å². The zero-order valence-electron chi connectivity index (χ0n) is 11.0. The fourth-order valence-electron chi connectivity index (χ4n) is 1.56. The average molecular weight is 282 g/mol. The van der Waals surface area contributed by atoms with E-state index in [0.717, 1.165) is 0 Å². The number of hydrogen-bond donors (Lipinski definition) is 2. The molecule has 1 rings (SSSR count). The number of nitrogen functional groups attached to an aromatic ring is 1. The molecule has 0 atom stereocenters. The molecule has 4 N–H and O–H groups in total. The van der Waals surface area contributed by atoms with Gasteiger partial charge < -0.3 is 16.4 Å². The number of pyridine rings is 1. The lowest BCUT2D eigenvalue weighted by atomic mass is 10.2. The van der Waals surface area contributed by atoms with E-state index in [9.17, 15) is 9.59 Å². The van der Waals surface area contributed by atoms with Crippen molar-refractivity contribution in [3.05, 3.63) is 17.8 Å². The van der Waals surface area contributed by atoms with Gasteiger partial charge in [-0.1, -0.05) is 11.8 Å². The largest absolute Gasteiger partial charge is 0.397 e. The molecule has 6 nitrogen and oxygen atoms in total. The molecular formula is C12H18N4O2S. The van der Waals surface area contributed by atoms with Crippen LogP contribution in [0.25, 0.3) is 0 Å². The molecule has 19 heavy (non-hydrogen) atoms. The minimum Gasteiger partial charge on any atom is -0.397 e. The van der Waals surface area contributed by atoms with Crippen LogP contribution >= 0.6 is 11.8 Å². The summed E-state index contributed by atoms with van der Waals surface area (Å²) in [5, 5.41) is 0.433. The second-order valence-corrected chi connectivity index (χ2v) is 4.80. The van der Waals surface area contributed by atoms with Crippen LogP contribution < -0.4 is 11.5 Å². The highest BCUT2D eigenvalue weighted by Gasteiger charge is 2.15. The van der Waals surface area contributed by atoms with Gasteiger partial charge in [-0.25, -0.2) is 4.98 Å². The molecule has 0 saturated carbocycles. The van der Waals surface area contributed by atoms with Crippen molar-refractivity contribution in [1.82, 2.24) is 9.88 Å². The number of carbonyl (C=O) groups is 2. The van der Waals surface area contributed by atoms with Crippen molar-refractivity contribution < 1.29 is 9.59 Å². The van der Waals surface area contributed by atoms with E-state index in [1.807, 2.05) is 13.8 Å². The molecule has 0 aromatic carbocycles. The first-order chi connectivity index (χ1) is 8.99. The summed E-state index contributed by atoms with van der Waals surface area (Å²) in [7, 11) is 0. The molecular weight excluding hydrogens is 264 g/mol. The molecule has 7 heteroatoms. The number of amides is 2. The van der Waals surface area contributed by atoms with Gasteiger partial charge in [-0.15, -0.1) is 0 Å². The second kappa shape index (κ2) is 6.98. The number of hydrogen-bond acceptors (Lipinski definition) is 5. The quantitative estimate of drug-likeness (QED) is 0.749. The predicted octanol–water partition coefficient (Wildman–Crippen LogP) is 0.723. The summed E-state index contributed by atoms with van der Waals surface area (Å²) in [5.41, 5.74) is 11.4. The van der Waals surface area contributed by atoms with E-state index in [4.69, 9.17) is 11.5 Å². The number of nitrogens with zero attached hydrogens (tertiary/aromatic N) is 2. The predicted molar refractivity (Wildman–Crippen MR) is 75.8 cm³/mol. The molecule has 0 aliphatic heterocycles. The van der Waals surface area contributed by atoms with Gasteiger partial charge in [0.25, 0.3) is 5.91 Å². The van der Waals surface area contributed by atoms with Gasteiger partial charge in [0.2, 0.25) is 5.91 Å². The Morgan fingerprint density at radius 1 is 1.37 bits per heavy atom. The number of nitrogens with two attached hydrogens (primary N) is 2. The van der Waals surface area contributed by atoms with Crippen LogP contribution in [0.1, 0.15) is 24.2 Å². The van der Waals surface area contributed by atoms with Crippen molar-refractivity contribution in [2.75, 3.05) is 24.6 Å². The Labute approximate surface area is 116 Å². The molecule has 2 amide bonds. The molecule has 0 radical (unpaired) electrons. The first-order valence-corrected chi connectivity index (χ1v) is 6.94. The number of aromatic nitrogens is 1. The Balaban J connectivity index is 2.78. The fraction of sp³-hybridized carbons (Fsp3) is 0.417. The van der Waals surface area contributed by atoms with E-state index >= 15 is 0 Å². The van der Waals surface area contributed by atoms with Crippen LogP contribution in [0.5, 0.6) is 0 Å². The zero-order chi connectivity index (χ0) is 14.4. The molecule has 104 valence electrons. The smallest absolute Gasteiger partial charge is 0.251 e. The van der Waals surface area contributed by atoms with Crippen molar-refractivity contribution in [3.8, 4) is 0 Å². The topological polar surface area (TPSA) is 102 Å². The number of thioether (sulfide) groups is 1. The molecule has 1 heterocycles. The van der Waals surface area contributed by atoms with Crippen molar-refractivity contribution in [3.63, 3.8) is 0 Å². The van der Waals surface area contributed by atoms with Crippen LogP contribution in [0.3, 0.4) is 0 Å². The van der Waals surface area contributed by atoms with Crippen LogP contribution in [0.4, 0.5) is 5.69 Å². The highest BCUT2D eigenvalue weighted by Crippen LogP contribution is 2.22. The molecule has 0 saturated heterocycles. The first-order valence-electron chi connectivity index (χ1n) is 5.95. The lowest BCUT2D eigenvalue weighted by molar-refractivity contribution is -0.127. The highest BCUT2D eigenvalue weighted by molar-refractivity contribution is 8.00. The monoisotopic (exact) mass is 282 g/mol. The maximum Gasteiger partial charge on any atom is 0.251 e. The Kier molecular flexibility index (Phi) is 5.62. The fourth-order valence-corrected chi connectivity index (χ4v) is 2.44. The minimum absolute atomic E-state index is 0.00375. The van der Waals surface area contributed by atoms with Gasteiger partial charge in [0.15, 0.2) is 0 Å². The summed E-state index contributed by atoms with van der Waals surface area (Å²) in [4.78, 5) is 28.9. The van der Waals surface area contributed by atoms with Crippen molar-refractivity contribution in [1.29, 1.82) is 0 Å². The minimum atomic E-state index is -0.599. The number of rotatable bonds is 6. The van der Waals surface area contributed by atoms with Gasteiger partial charge in [0, 0.05) is 13.1 Å². The number of primary amides is 1. The Morgan fingerprint density at radius 3 is 2.53 bits per heavy atom. The summed E-state index contributed by atoms with van der Waals surface area (Å²) < 4.78 is 0. The van der Waals surface area contributed by atoms with Crippen molar-refractivity contribution in [2.24, 2.45) is 5.73 Å². The number of carbonyl (C=O) groups excluding carboxylic acids is 2. The standard InChI is InChI=1S/C12H18N4O2S/c1-3-16(4-2)10(17)7-19-12-9(11(14)18)5-8(13)6-15-12/h5-6H,3-4,7,13H2,1-2H3,(H2,14,18). The average Bonchev–Trinajstić information content (AvgIpc) is 2.38. The Morgan fingerprint density at radius 2 is 2.00 bits per heavy atom. The SMILES string of the molecule is CCN(CC)C(=O)CSc1ncc(N)cc1C(N)=O. The van der Waals surface area contributed by atoms with E-state index in [1.54, 1.807) is 4.90 Å². The van der Waals surface area contributed by atoms with Gasteiger partial charge in [-0.2, -0.15) is 0 Å². The van der Waals surface area contributed by atoms with Gasteiger partial charge in [-0.3, -0.25) is 9.59 Å². The highest BCUT2D eigenvalue weighted by atomic mass is 32.2. The first kappa shape index (κ1) is 15.3. The molecule has 0 aliphatic carbocycles. The summed E-state index contributed by atoms with van der Waals surface area (Å²) >= 11 is 1.19. The van der Waals surface area contributed by atoms with E-state index in [-0.39, 0.29) is 17.2 Å². The third kappa shape index (κ3) is 4.13.